The van der Waals surface area contributed by atoms with Crippen molar-refractivity contribution in [2.75, 3.05) is 0 Å². The van der Waals surface area contributed by atoms with Crippen molar-refractivity contribution >= 4 is 27.8 Å². The van der Waals surface area contributed by atoms with Gasteiger partial charge >= 0.3 is 5.63 Å². The van der Waals surface area contributed by atoms with Crippen LogP contribution in [0.5, 0.6) is 0 Å². The van der Waals surface area contributed by atoms with Gasteiger partial charge in [-0.3, -0.25) is 10.1 Å². The molecule has 7 nitrogen and oxygen atoms in total. The number of nitrogens with zero attached hydrogens (tertiary/aromatic N) is 2. The normalized spacial score (nSPS) is 11.1. The average molecular weight is 308 g/mol. The summed E-state index contributed by atoms with van der Waals surface area (Å²) < 4.78 is 10.7. The van der Waals surface area contributed by atoms with Gasteiger partial charge in [-0.2, -0.15) is 0 Å². The lowest BCUT2D eigenvalue weighted by Crippen LogP contribution is -2.02. The molecule has 0 amide bonds. The SMILES string of the molecule is O=c1oc2ccccc2cc1-c1nc2ccc([N+](=O)[O-])cc2o1. The van der Waals surface area contributed by atoms with Crippen molar-refractivity contribution in [1.82, 2.24) is 4.98 Å². The number of benzene rings is 2. The summed E-state index contributed by atoms with van der Waals surface area (Å²) in [6.45, 7) is 0. The van der Waals surface area contributed by atoms with Crippen molar-refractivity contribution < 1.29 is 13.8 Å². The molecule has 2 heterocycles. The Bertz CT molecular complexity index is 1130. The highest BCUT2D eigenvalue weighted by atomic mass is 16.6. The van der Waals surface area contributed by atoms with Gasteiger partial charge in [-0.25, -0.2) is 9.78 Å². The molecular formula is C16H8N2O5. The zero-order valence-corrected chi connectivity index (χ0v) is 11.6. The minimum Gasteiger partial charge on any atom is -0.436 e. The number of non-ortho nitro benzene ring substituents is 1. The third kappa shape index (κ3) is 2.15. The second-order valence-electron chi connectivity index (χ2n) is 4.91. The monoisotopic (exact) mass is 308 g/mol. The molecule has 0 radical (unpaired) electrons. The lowest BCUT2D eigenvalue weighted by atomic mass is 10.2. The molecule has 7 heteroatoms. The summed E-state index contributed by atoms with van der Waals surface area (Å²) in [6, 6.07) is 12.8. The number of nitro benzene ring substituents is 1. The van der Waals surface area contributed by atoms with Crippen LogP contribution in [0.15, 0.2) is 62.2 Å². The van der Waals surface area contributed by atoms with Crippen LogP contribution >= 0.6 is 0 Å². The predicted molar refractivity (Wildman–Crippen MR) is 82.1 cm³/mol. The number of para-hydroxylation sites is 1. The number of nitro groups is 1. The van der Waals surface area contributed by atoms with E-state index in [1.54, 1.807) is 24.3 Å². The first-order valence-corrected chi connectivity index (χ1v) is 6.70. The smallest absolute Gasteiger partial charge is 0.349 e. The van der Waals surface area contributed by atoms with Crippen LogP contribution in [0.2, 0.25) is 0 Å². The first kappa shape index (κ1) is 13.2. The Morgan fingerprint density at radius 1 is 1.00 bits per heavy atom. The first-order valence-electron chi connectivity index (χ1n) is 6.70. The molecular weight excluding hydrogens is 300 g/mol. The maximum atomic E-state index is 12.1. The van der Waals surface area contributed by atoms with Crippen LogP contribution < -0.4 is 5.63 Å². The van der Waals surface area contributed by atoms with Crippen LogP contribution in [0.1, 0.15) is 0 Å². The predicted octanol–water partition coefficient (Wildman–Crippen LogP) is 3.51. The van der Waals surface area contributed by atoms with Crippen molar-refractivity contribution in [1.29, 1.82) is 0 Å². The van der Waals surface area contributed by atoms with E-state index in [4.69, 9.17) is 8.83 Å². The molecule has 23 heavy (non-hydrogen) atoms. The van der Waals surface area contributed by atoms with E-state index in [0.717, 1.165) is 5.39 Å². The Hall–Kier alpha value is -3.48. The molecule has 0 aliphatic rings. The van der Waals surface area contributed by atoms with E-state index in [0.29, 0.717) is 11.1 Å². The summed E-state index contributed by atoms with van der Waals surface area (Å²) in [7, 11) is 0. The van der Waals surface area contributed by atoms with Gasteiger partial charge in [-0.15, -0.1) is 0 Å². The second-order valence-corrected chi connectivity index (χ2v) is 4.91. The van der Waals surface area contributed by atoms with Crippen LogP contribution in [-0.2, 0) is 0 Å². The third-order valence-corrected chi connectivity index (χ3v) is 3.45. The fourth-order valence-corrected chi connectivity index (χ4v) is 2.35. The summed E-state index contributed by atoms with van der Waals surface area (Å²) in [5, 5.41) is 11.5. The van der Waals surface area contributed by atoms with Gasteiger partial charge in [0.05, 0.1) is 11.0 Å². The van der Waals surface area contributed by atoms with Gasteiger partial charge in [0.2, 0.25) is 5.89 Å². The number of hydrogen-bond donors (Lipinski definition) is 0. The molecule has 0 spiro atoms. The van der Waals surface area contributed by atoms with E-state index in [9.17, 15) is 14.9 Å². The Morgan fingerprint density at radius 3 is 2.65 bits per heavy atom. The summed E-state index contributed by atoms with van der Waals surface area (Å²) >= 11 is 0. The van der Waals surface area contributed by atoms with Crippen LogP contribution in [0, 0.1) is 10.1 Å². The van der Waals surface area contributed by atoms with Crippen molar-refractivity contribution in [2.45, 2.75) is 0 Å². The fourth-order valence-electron chi connectivity index (χ4n) is 2.35. The average Bonchev–Trinajstić information content (AvgIpc) is 2.96. The van der Waals surface area contributed by atoms with E-state index in [1.807, 2.05) is 6.07 Å². The van der Waals surface area contributed by atoms with Gasteiger partial charge < -0.3 is 8.83 Å². The molecule has 4 rings (SSSR count). The van der Waals surface area contributed by atoms with Crippen LogP contribution in [0.25, 0.3) is 33.5 Å². The highest BCUT2D eigenvalue weighted by molar-refractivity contribution is 5.82. The van der Waals surface area contributed by atoms with Crippen LogP contribution in [-0.4, -0.2) is 9.91 Å². The largest absolute Gasteiger partial charge is 0.436 e. The van der Waals surface area contributed by atoms with Crippen molar-refractivity contribution in [2.24, 2.45) is 0 Å². The molecule has 2 aromatic carbocycles. The Kier molecular flexibility index (Phi) is 2.74. The minimum atomic E-state index is -0.579. The number of rotatable bonds is 2. The van der Waals surface area contributed by atoms with Gasteiger partial charge in [0.1, 0.15) is 16.7 Å². The summed E-state index contributed by atoms with van der Waals surface area (Å²) in [4.78, 5) is 26.6. The van der Waals surface area contributed by atoms with Crippen molar-refractivity contribution in [3.05, 3.63) is 69.1 Å². The standard InChI is InChI=1S/C16H8N2O5/c19-16-11(7-9-3-1-2-4-13(9)23-16)15-17-12-6-5-10(18(20)21)8-14(12)22-15/h1-8H. The van der Waals surface area contributed by atoms with Crippen LogP contribution in [0.3, 0.4) is 0 Å². The van der Waals surface area contributed by atoms with Gasteiger partial charge in [-0.05, 0) is 18.2 Å². The summed E-state index contributed by atoms with van der Waals surface area (Å²) in [5.41, 5.74) is 0.617. The fraction of sp³-hybridized carbons (Fsp3) is 0. The molecule has 4 aromatic rings. The molecule has 2 aromatic heterocycles. The zero-order valence-electron chi connectivity index (χ0n) is 11.6. The van der Waals surface area contributed by atoms with E-state index >= 15 is 0 Å². The lowest BCUT2D eigenvalue weighted by molar-refractivity contribution is -0.384. The minimum absolute atomic E-state index is 0.0694. The van der Waals surface area contributed by atoms with E-state index in [2.05, 4.69) is 4.98 Å². The van der Waals surface area contributed by atoms with Gasteiger partial charge in [0.15, 0.2) is 5.58 Å². The summed E-state index contributed by atoms with van der Waals surface area (Å²) in [5.74, 6) is 0.0694. The highest BCUT2D eigenvalue weighted by Crippen LogP contribution is 2.27. The number of oxazole rings is 1. The molecule has 112 valence electrons. The number of fused-ring (bicyclic) bond motifs is 2. The number of hydrogen-bond acceptors (Lipinski definition) is 6. The topological polar surface area (TPSA) is 99.4 Å². The molecule has 0 saturated heterocycles. The molecule has 0 bridgehead atoms. The Morgan fingerprint density at radius 2 is 1.83 bits per heavy atom. The second kappa shape index (κ2) is 4.77. The van der Waals surface area contributed by atoms with E-state index in [-0.39, 0.29) is 22.7 Å². The molecule has 0 N–H and O–H groups in total. The highest BCUT2D eigenvalue weighted by Gasteiger charge is 2.16. The van der Waals surface area contributed by atoms with Crippen molar-refractivity contribution in [3.8, 4) is 11.5 Å². The van der Waals surface area contributed by atoms with Gasteiger partial charge in [0.25, 0.3) is 5.69 Å². The molecule has 0 aliphatic heterocycles. The van der Waals surface area contributed by atoms with E-state index < -0.39 is 10.5 Å². The molecule has 0 unspecified atom stereocenters. The maximum absolute atomic E-state index is 12.1. The molecule has 0 fully saturated rings. The maximum Gasteiger partial charge on any atom is 0.349 e. The zero-order chi connectivity index (χ0) is 16.0. The molecule has 0 atom stereocenters. The third-order valence-electron chi connectivity index (χ3n) is 3.45. The summed E-state index contributed by atoms with van der Waals surface area (Å²) in [6.07, 6.45) is 0. The van der Waals surface area contributed by atoms with Crippen LogP contribution in [0.4, 0.5) is 5.69 Å². The van der Waals surface area contributed by atoms with Gasteiger partial charge in [0, 0.05) is 11.5 Å². The Labute approximate surface area is 127 Å². The molecule has 0 saturated carbocycles. The quantitative estimate of drug-likeness (QED) is 0.319. The lowest BCUT2D eigenvalue weighted by Gasteiger charge is -1.97. The Balaban J connectivity index is 1.93. The first-order chi connectivity index (χ1) is 11.1. The van der Waals surface area contributed by atoms with Crippen molar-refractivity contribution in [3.63, 3.8) is 0 Å². The number of aromatic nitrogens is 1. The van der Waals surface area contributed by atoms with Gasteiger partial charge in [-0.1, -0.05) is 18.2 Å². The molecule has 0 aliphatic carbocycles. The van der Waals surface area contributed by atoms with E-state index in [1.165, 1.54) is 18.2 Å².